The largest absolute Gasteiger partial charge is 0.436 e. The number of fused-ring (bicyclic) bond motifs is 1. The highest BCUT2D eigenvalue weighted by Gasteiger charge is 2.14. The van der Waals surface area contributed by atoms with Crippen LogP contribution >= 0.6 is 11.8 Å². The Kier molecular flexibility index (Phi) is 3.17. The van der Waals surface area contributed by atoms with Crippen LogP contribution in [0.25, 0.3) is 10.9 Å². The van der Waals surface area contributed by atoms with Gasteiger partial charge in [0.05, 0.1) is 16.8 Å². The van der Waals surface area contributed by atoms with E-state index in [9.17, 15) is 5.26 Å². The Morgan fingerprint density at radius 1 is 1.25 bits per heavy atom. The highest BCUT2D eigenvalue weighted by Crippen LogP contribution is 2.35. The van der Waals surface area contributed by atoms with E-state index in [1.807, 2.05) is 38.1 Å². The third-order valence-electron chi connectivity index (χ3n) is 3.04. The van der Waals surface area contributed by atoms with E-state index in [0.29, 0.717) is 10.8 Å². The van der Waals surface area contributed by atoms with Crippen LogP contribution in [0.15, 0.2) is 45.0 Å². The van der Waals surface area contributed by atoms with Gasteiger partial charge in [-0.3, -0.25) is 4.98 Å². The molecule has 0 aliphatic carbocycles. The number of hydrogen-bond donors (Lipinski definition) is 0. The predicted octanol–water partition coefficient (Wildman–Crippen LogP) is 3.86. The van der Waals surface area contributed by atoms with Crippen LogP contribution in [0.4, 0.5) is 0 Å². The van der Waals surface area contributed by atoms with Gasteiger partial charge in [-0.05, 0) is 31.7 Å². The number of benzene rings is 1. The number of pyridine rings is 1. The van der Waals surface area contributed by atoms with Crippen molar-refractivity contribution in [1.29, 1.82) is 5.26 Å². The summed E-state index contributed by atoms with van der Waals surface area (Å²) in [6.45, 7) is 3.78. The topological polar surface area (TPSA) is 62.7 Å². The number of nitrogens with zero attached hydrogens (tertiary/aromatic N) is 3. The Balaban J connectivity index is 2.16. The van der Waals surface area contributed by atoms with Gasteiger partial charge in [-0.2, -0.15) is 5.26 Å². The first-order valence-corrected chi connectivity index (χ1v) is 6.90. The number of aromatic nitrogens is 2. The SMILES string of the molecule is Cc1nc(Sc2c(C#N)cnc3ccccc23)oc1C. The minimum Gasteiger partial charge on any atom is -0.436 e. The molecule has 0 fully saturated rings. The van der Waals surface area contributed by atoms with Crippen LogP contribution in [-0.4, -0.2) is 9.97 Å². The molecule has 20 heavy (non-hydrogen) atoms. The van der Waals surface area contributed by atoms with Gasteiger partial charge in [0.15, 0.2) is 0 Å². The standard InChI is InChI=1S/C15H11N3OS/c1-9-10(2)19-15(18-9)20-14-11(7-16)8-17-13-6-4-3-5-12(13)14/h3-6,8H,1-2H3. The summed E-state index contributed by atoms with van der Waals surface area (Å²) in [6.07, 6.45) is 1.59. The van der Waals surface area contributed by atoms with Crippen molar-refractivity contribution in [3.8, 4) is 6.07 Å². The minimum absolute atomic E-state index is 0.530. The van der Waals surface area contributed by atoms with Crippen LogP contribution in [0.5, 0.6) is 0 Å². The van der Waals surface area contributed by atoms with E-state index < -0.39 is 0 Å². The second-order valence-corrected chi connectivity index (χ2v) is 5.31. The Labute approximate surface area is 120 Å². The van der Waals surface area contributed by atoms with E-state index in [-0.39, 0.29) is 0 Å². The molecule has 5 heteroatoms. The molecule has 0 saturated carbocycles. The summed E-state index contributed by atoms with van der Waals surface area (Å²) in [5, 5.41) is 10.7. The summed E-state index contributed by atoms with van der Waals surface area (Å²) in [5.74, 6) is 0.796. The summed E-state index contributed by atoms with van der Waals surface area (Å²) in [7, 11) is 0. The lowest BCUT2D eigenvalue weighted by molar-refractivity contribution is 0.431. The van der Waals surface area contributed by atoms with Crippen molar-refractivity contribution < 1.29 is 4.42 Å². The number of nitriles is 1. The minimum atomic E-state index is 0.530. The monoisotopic (exact) mass is 281 g/mol. The molecule has 3 aromatic rings. The van der Waals surface area contributed by atoms with Gasteiger partial charge in [0.2, 0.25) is 0 Å². The van der Waals surface area contributed by atoms with Crippen LogP contribution < -0.4 is 0 Å². The maximum Gasteiger partial charge on any atom is 0.261 e. The maximum atomic E-state index is 9.26. The second kappa shape index (κ2) is 4.99. The zero-order valence-corrected chi connectivity index (χ0v) is 11.9. The molecule has 2 heterocycles. The average Bonchev–Trinajstić information content (AvgIpc) is 2.78. The fourth-order valence-electron chi connectivity index (χ4n) is 1.88. The van der Waals surface area contributed by atoms with Crippen molar-refractivity contribution >= 4 is 22.7 Å². The molecule has 4 nitrogen and oxygen atoms in total. The number of hydrogen-bond acceptors (Lipinski definition) is 5. The molecule has 0 spiro atoms. The van der Waals surface area contributed by atoms with E-state index >= 15 is 0 Å². The molecule has 0 aliphatic rings. The van der Waals surface area contributed by atoms with Crippen molar-refractivity contribution in [3.63, 3.8) is 0 Å². The molecule has 0 aliphatic heterocycles. The van der Waals surface area contributed by atoms with E-state index in [1.165, 1.54) is 11.8 Å². The van der Waals surface area contributed by atoms with Gasteiger partial charge in [-0.15, -0.1) is 0 Å². The summed E-state index contributed by atoms with van der Waals surface area (Å²) in [5.41, 5.74) is 2.25. The molecule has 0 radical (unpaired) electrons. The van der Waals surface area contributed by atoms with Crippen LogP contribution in [-0.2, 0) is 0 Å². The molecular weight excluding hydrogens is 270 g/mol. The molecule has 0 amide bonds. The normalized spacial score (nSPS) is 10.7. The van der Waals surface area contributed by atoms with E-state index in [1.54, 1.807) is 6.20 Å². The summed E-state index contributed by atoms with van der Waals surface area (Å²) < 4.78 is 5.59. The lowest BCUT2D eigenvalue weighted by Gasteiger charge is -2.05. The summed E-state index contributed by atoms with van der Waals surface area (Å²) >= 11 is 1.36. The van der Waals surface area contributed by atoms with Gasteiger partial charge in [-0.1, -0.05) is 18.2 Å². The molecule has 0 N–H and O–H groups in total. The molecule has 0 bridgehead atoms. The lowest BCUT2D eigenvalue weighted by Crippen LogP contribution is -1.88. The van der Waals surface area contributed by atoms with Crippen molar-refractivity contribution in [2.45, 2.75) is 24.0 Å². The predicted molar refractivity (Wildman–Crippen MR) is 76.6 cm³/mol. The van der Waals surface area contributed by atoms with Crippen molar-refractivity contribution in [1.82, 2.24) is 9.97 Å². The molecule has 3 rings (SSSR count). The number of rotatable bonds is 2. The van der Waals surface area contributed by atoms with E-state index in [4.69, 9.17) is 4.42 Å². The van der Waals surface area contributed by atoms with E-state index in [2.05, 4.69) is 16.0 Å². The van der Waals surface area contributed by atoms with Gasteiger partial charge in [-0.25, -0.2) is 4.98 Å². The third kappa shape index (κ3) is 2.15. The Morgan fingerprint density at radius 2 is 2.05 bits per heavy atom. The fraction of sp³-hybridized carbons (Fsp3) is 0.133. The van der Waals surface area contributed by atoms with Gasteiger partial charge >= 0.3 is 0 Å². The van der Waals surface area contributed by atoms with Crippen LogP contribution in [0.3, 0.4) is 0 Å². The van der Waals surface area contributed by atoms with Crippen LogP contribution in [0.2, 0.25) is 0 Å². The first-order valence-electron chi connectivity index (χ1n) is 6.09. The van der Waals surface area contributed by atoms with Crippen molar-refractivity contribution in [3.05, 3.63) is 47.5 Å². The van der Waals surface area contributed by atoms with Gasteiger partial charge in [0, 0.05) is 16.5 Å². The Morgan fingerprint density at radius 3 is 2.75 bits per heavy atom. The average molecular weight is 281 g/mol. The molecule has 98 valence electrons. The molecule has 0 unspecified atom stereocenters. The first-order chi connectivity index (χ1) is 9.69. The van der Waals surface area contributed by atoms with Crippen molar-refractivity contribution in [2.24, 2.45) is 0 Å². The maximum absolute atomic E-state index is 9.26. The Bertz CT molecular complexity index is 813. The zero-order valence-electron chi connectivity index (χ0n) is 11.0. The number of para-hydroxylation sites is 1. The van der Waals surface area contributed by atoms with Crippen LogP contribution in [0, 0.1) is 25.2 Å². The molecule has 1 aromatic carbocycles. The third-order valence-corrected chi connectivity index (χ3v) is 4.04. The number of aryl methyl sites for hydroxylation is 2. The van der Waals surface area contributed by atoms with Crippen LogP contribution in [0.1, 0.15) is 17.0 Å². The van der Waals surface area contributed by atoms with E-state index in [0.717, 1.165) is 27.3 Å². The number of oxazole rings is 1. The van der Waals surface area contributed by atoms with Gasteiger partial charge in [0.25, 0.3) is 5.22 Å². The van der Waals surface area contributed by atoms with Gasteiger partial charge < -0.3 is 4.42 Å². The van der Waals surface area contributed by atoms with Crippen molar-refractivity contribution in [2.75, 3.05) is 0 Å². The summed E-state index contributed by atoms with van der Waals surface area (Å²) in [6, 6.07) is 9.91. The quantitative estimate of drug-likeness (QED) is 0.713. The second-order valence-electron chi connectivity index (χ2n) is 4.35. The first kappa shape index (κ1) is 12.7. The fourth-order valence-corrected chi connectivity index (χ4v) is 2.89. The Hall–Kier alpha value is -2.32. The molecular formula is C15H11N3OS. The highest BCUT2D eigenvalue weighted by atomic mass is 32.2. The summed E-state index contributed by atoms with van der Waals surface area (Å²) in [4.78, 5) is 9.48. The highest BCUT2D eigenvalue weighted by molar-refractivity contribution is 7.99. The smallest absolute Gasteiger partial charge is 0.261 e. The molecule has 2 aromatic heterocycles. The molecule has 0 atom stereocenters. The zero-order chi connectivity index (χ0) is 14.1. The lowest BCUT2D eigenvalue weighted by atomic mass is 10.2. The molecule has 0 saturated heterocycles. The van der Waals surface area contributed by atoms with Gasteiger partial charge in [0.1, 0.15) is 11.8 Å².